The summed E-state index contributed by atoms with van der Waals surface area (Å²) in [6.07, 6.45) is 0. The minimum atomic E-state index is -4.14. The second-order valence-electron chi connectivity index (χ2n) is 4.85. The number of rotatable bonds is 5. The molecule has 1 rings (SSSR count). The molecule has 0 unspecified atom stereocenters. The zero-order valence-electron chi connectivity index (χ0n) is 10.6. The summed E-state index contributed by atoms with van der Waals surface area (Å²) in [6, 6.07) is 0. The van der Waals surface area contributed by atoms with Gasteiger partial charge < -0.3 is 5.32 Å². The molecule has 0 aliphatic heterocycles. The molecule has 1 N–H and O–H groups in total. The van der Waals surface area contributed by atoms with Gasteiger partial charge in [0.05, 0.1) is 5.69 Å². The minimum Gasteiger partial charge on any atom is -0.310 e. The van der Waals surface area contributed by atoms with Crippen molar-refractivity contribution in [3.8, 4) is 0 Å². The van der Waals surface area contributed by atoms with Crippen LogP contribution in [0.1, 0.15) is 31.5 Å². The monoisotopic (exact) mass is 298 g/mol. The Balaban J connectivity index is 2.26. The smallest absolute Gasteiger partial charge is 0.310 e. The van der Waals surface area contributed by atoms with E-state index in [9.17, 15) is 13.2 Å². The predicted octanol–water partition coefficient (Wildman–Crippen LogP) is 3.78. The van der Waals surface area contributed by atoms with E-state index in [2.05, 4.69) is 31.1 Å². The average molecular weight is 298 g/mol. The third-order valence-electron chi connectivity index (χ3n) is 2.14. The van der Waals surface area contributed by atoms with Crippen molar-refractivity contribution in [1.82, 2.24) is 10.3 Å². The minimum absolute atomic E-state index is 0.00133. The van der Waals surface area contributed by atoms with Gasteiger partial charge in [-0.3, -0.25) is 0 Å². The lowest BCUT2D eigenvalue weighted by Crippen LogP contribution is -2.18. The molecule has 0 saturated heterocycles. The second kappa shape index (κ2) is 6.25. The van der Waals surface area contributed by atoms with E-state index < -0.39 is 5.51 Å². The number of hydrogen-bond donors (Lipinski definition) is 1. The van der Waals surface area contributed by atoms with Gasteiger partial charge in [-0.05, 0) is 11.8 Å². The highest BCUT2D eigenvalue weighted by Gasteiger charge is 2.27. The topological polar surface area (TPSA) is 24.9 Å². The first-order valence-corrected chi connectivity index (χ1v) is 7.41. The molecule has 0 aromatic carbocycles. The Morgan fingerprint density at radius 1 is 1.33 bits per heavy atom. The highest BCUT2D eigenvalue weighted by molar-refractivity contribution is 8.00. The quantitative estimate of drug-likeness (QED) is 0.837. The van der Waals surface area contributed by atoms with Gasteiger partial charge in [-0.15, -0.1) is 11.3 Å². The Labute approximate surface area is 113 Å². The maximum Gasteiger partial charge on any atom is 0.441 e. The molecule has 0 fully saturated rings. The van der Waals surface area contributed by atoms with Crippen LogP contribution in [0.15, 0.2) is 5.38 Å². The number of hydrogen-bond acceptors (Lipinski definition) is 4. The molecular weight excluding hydrogens is 281 g/mol. The first kappa shape index (κ1) is 15.8. The molecular formula is C11H17F3N2S2. The molecule has 0 aliphatic rings. The van der Waals surface area contributed by atoms with E-state index in [-0.39, 0.29) is 22.9 Å². The number of nitrogens with one attached hydrogen (secondary N) is 1. The third-order valence-corrected chi connectivity index (χ3v) is 3.73. The van der Waals surface area contributed by atoms with Crippen LogP contribution in [0.5, 0.6) is 0 Å². The predicted molar refractivity (Wildman–Crippen MR) is 71.0 cm³/mol. The van der Waals surface area contributed by atoms with Crippen molar-refractivity contribution in [2.45, 2.75) is 38.2 Å². The molecule has 0 radical (unpaired) electrons. The standard InChI is InChI=1S/C11H17F3N2S2/c1-10(2,3)8-7-17-9(16-8)6-15-4-5-18-11(12,13)14/h7,15H,4-6H2,1-3H3. The SMILES string of the molecule is CC(C)(C)c1csc(CNCCSC(F)(F)F)n1. The lowest BCUT2D eigenvalue weighted by molar-refractivity contribution is -0.0327. The Morgan fingerprint density at radius 2 is 2.00 bits per heavy atom. The zero-order chi connectivity index (χ0) is 13.8. The van der Waals surface area contributed by atoms with Gasteiger partial charge in [0, 0.05) is 29.6 Å². The van der Waals surface area contributed by atoms with Crippen LogP contribution in [0.2, 0.25) is 0 Å². The Kier molecular flexibility index (Phi) is 5.48. The summed E-state index contributed by atoms with van der Waals surface area (Å²) in [7, 11) is 0. The van der Waals surface area contributed by atoms with Crippen molar-refractivity contribution < 1.29 is 13.2 Å². The van der Waals surface area contributed by atoms with E-state index in [0.717, 1.165) is 10.7 Å². The summed E-state index contributed by atoms with van der Waals surface area (Å²) in [5, 5.41) is 5.88. The summed E-state index contributed by atoms with van der Waals surface area (Å²) in [6.45, 7) is 7.10. The van der Waals surface area contributed by atoms with E-state index in [0.29, 0.717) is 13.1 Å². The van der Waals surface area contributed by atoms with Gasteiger partial charge in [0.2, 0.25) is 0 Å². The van der Waals surface area contributed by atoms with Gasteiger partial charge in [0.25, 0.3) is 0 Å². The second-order valence-corrected chi connectivity index (χ2v) is 6.95. The van der Waals surface area contributed by atoms with E-state index in [1.54, 1.807) is 0 Å². The molecule has 0 aliphatic carbocycles. The molecule has 1 heterocycles. The first-order chi connectivity index (χ1) is 8.18. The summed E-state index contributed by atoms with van der Waals surface area (Å²) in [4.78, 5) is 4.45. The number of thiazole rings is 1. The number of thioether (sulfide) groups is 1. The molecule has 1 aromatic heterocycles. The van der Waals surface area contributed by atoms with Gasteiger partial charge >= 0.3 is 5.51 Å². The van der Waals surface area contributed by atoms with Crippen molar-refractivity contribution in [3.05, 3.63) is 16.1 Å². The molecule has 0 amide bonds. The summed E-state index contributed by atoms with van der Waals surface area (Å²) >= 11 is 1.54. The van der Waals surface area contributed by atoms with Crippen LogP contribution in [0.4, 0.5) is 13.2 Å². The van der Waals surface area contributed by atoms with Gasteiger partial charge in [-0.2, -0.15) is 13.2 Å². The molecule has 2 nitrogen and oxygen atoms in total. The fraction of sp³-hybridized carbons (Fsp3) is 0.727. The van der Waals surface area contributed by atoms with Crippen molar-refractivity contribution >= 4 is 23.1 Å². The van der Waals surface area contributed by atoms with E-state index >= 15 is 0 Å². The van der Waals surface area contributed by atoms with Crippen LogP contribution >= 0.6 is 23.1 Å². The van der Waals surface area contributed by atoms with Crippen LogP contribution in [0, 0.1) is 0 Å². The molecule has 0 bridgehead atoms. The van der Waals surface area contributed by atoms with Gasteiger partial charge in [0.1, 0.15) is 5.01 Å². The van der Waals surface area contributed by atoms with Crippen LogP contribution < -0.4 is 5.32 Å². The molecule has 104 valence electrons. The average Bonchev–Trinajstić information content (AvgIpc) is 2.63. The number of halogens is 3. The Hall–Kier alpha value is -0.270. The van der Waals surface area contributed by atoms with E-state index in [1.165, 1.54) is 11.3 Å². The van der Waals surface area contributed by atoms with Crippen LogP contribution in [0.25, 0.3) is 0 Å². The largest absolute Gasteiger partial charge is 0.441 e. The van der Waals surface area contributed by atoms with Gasteiger partial charge in [-0.25, -0.2) is 4.98 Å². The Bertz CT molecular complexity index is 369. The normalized spacial score (nSPS) is 13.0. The summed E-state index contributed by atoms with van der Waals surface area (Å²) < 4.78 is 35.6. The third kappa shape index (κ3) is 6.06. The number of nitrogens with zero attached hydrogens (tertiary/aromatic N) is 1. The number of aromatic nitrogens is 1. The zero-order valence-corrected chi connectivity index (χ0v) is 12.2. The highest BCUT2D eigenvalue weighted by atomic mass is 32.2. The maximum absolute atomic E-state index is 11.9. The molecule has 0 saturated carbocycles. The molecule has 0 atom stereocenters. The molecule has 18 heavy (non-hydrogen) atoms. The highest BCUT2D eigenvalue weighted by Crippen LogP contribution is 2.29. The molecule has 0 spiro atoms. The number of alkyl halides is 3. The Morgan fingerprint density at radius 3 is 2.50 bits per heavy atom. The lowest BCUT2D eigenvalue weighted by atomic mass is 9.93. The fourth-order valence-corrected chi connectivity index (χ4v) is 2.64. The summed E-state index contributed by atoms with van der Waals surface area (Å²) in [5.74, 6) is 0.0288. The van der Waals surface area contributed by atoms with Gasteiger partial charge in [-0.1, -0.05) is 20.8 Å². The molecule has 1 aromatic rings. The van der Waals surface area contributed by atoms with Crippen molar-refractivity contribution in [2.24, 2.45) is 0 Å². The van der Waals surface area contributed by atoms with E-state index in [4.69, 9.17) is 0 Å². The lowest BCUT2D eigenvalue weighted by Gasteiger charge is -2.14. The van der Waals surface area contributed by atoms with Crippen LogP contribution in [-0.2, 0) is 12.0 Å². The summed E-state index contributed by atoms with van der Waals surface area (Å²) in [5.41, 5.74) is -3.10. The van der Waals surface area contributed by atoms with Gasteiger partial charge in [0.15, 0.2) is 0 Å². The van der Waals surface area contributed by atoms with Crippen LogP contribution in [-0.4, -0.2) is 22.8 Å². The van der Waals surface area contributed by atoms with Crippen LogP contribution in [0.3, 0.4) is 0 Å². The van der Waals surface area contributed by atoms with Crippen molar-refractivity contribution in [2.75, 3.05) is 12.3 Å². The fourth-order valence-electron chi connectivity index (χ4n) is 1.17. The van der Waals surface area contributed by atoms with Crippen molar-refractivity contribution in [3.63, 3.8) is 0 Å². The van der Waals surface area contributed by atoms with E-state index in [1.807, 2.05) is 5.38 Å². The molecule has 7 heteroatoms. The first-order valence-electron chi connectivity index (χ1n) is 5.55. The maximum atomic E-state index is 11.9. The van der Waals surface area contributed by atoms with Crippen molar-refractivity contribution in [1.29, 1.82) is 0 Å².